The van der Waals surface area contributed by atoms with Gasteiger partial charge in [-0.05, 0) is 43.0 Å². The second-order valence-electron chi connectivity index (χ2n) is 6.64. The van der Waals surface area contributed by atoms with E-state index >= 15 is 0 Å². The maximum atomic E-state index is 13.2. The third kappa shape index (κ3) is 4.67. The quantitative estimate of drug-likeness (QED) is 0.782. The van der Waals surface area contributed by atoms with Crippen molar-refractivity contribution in [3.05, 3.63) is 53.5 Å². The van der Waals surface area contributed by atoms with Crippen molar-refractivity contribution in [2.75, 3.05) is 19.0 Å². The number of anilines is 1. The highest BCUT2D eigenvalue weighted by Gasteiger charge is 2.32. The van der Waals surface area contributed by atoms with Crippen LogP contribution in [0.1, 0.15) is 42.9 Å². The number of benzene rings is 1. The van der Waals surface area contributed by atoms with Crippen LogP contribution < -0.4 is 10.1 Å². The van der Waals surface area contributed by atoms with Crippen molar-refractivity contribution in [2.45, 2.75) is 31.7 Å². The van der Waals surface area contributed by atoms with E-state index in [1.54, 1.807) is 12.1 Å². The molecule has 3 rings (SSSR count). The molecule has 1 aromatic heterocycles. The van der Waals surface area contributed by atoms with Gasteiger partial charge in [0.2, 0.25) is 5.88 Å². The molecule has 154 valence electrons. The lowest BCUT2D eigenvalue weighted by molar-refractivity contribution is -0.145. The number of nitrogens with one attached hydrogen (secondary N) is 1. The van der Waals surface area contributed by atoms with Crippen LogP contribution in [0.25, 0.3) is 0 Å². The smallest absolute Gasteiger partial charge is 0.313 e. The van der Waals surface area contributed by atoms with Crippen LogP contribution in [0.3, 0.4) is 0 Å². The summed E-state index contributed by atoms with van der Waals surface area (Å²) in [5.41, 5.74) is 0.216. The zero-order valence-electron chi connectivity index (χ0n) is 15.7. The van der Waals surface area contributed by atoms with Gasteiger partial charge in [0.1, 0.15) is 5.82 Å². The molecule has 0 spiro atoms. The van der Waals surface area contributed by atoms with E-state index in [1.807, 2.05) is 0 Å². The molecule has 29 heavy (non-hydrogen) atoms. The number of carbonyl (C=O) groups is 2. The number of likely N-dealkylation sites (tertiary alicyclic amines) is 1. The van der Waals surface area contributed by atoms with Crippen LogP contribution >= 0.6 is 0 Å². The number of piperidine rings is 1. The Labute approximate surface area is 165 Å². The molecule has 1 aromatic carbocycles. The zero-order valence-corrected chi connectivity index (χ0v) is 15.7. The second-order valence-corrected chi connectivity index (χ2v) is 6.64. The molecule has 1 atom stereocenters. The van der Waals surface area contributed by atoms with Gasteiger partial charge in [0, 0.05) is 6.54 Å². The topological polar surface area (TPSA) is 71.5 Å². The molecule has 0 bridgehead atoms. The summed E-state index contributed by atoms with van der Waals surface area (Å²) >= 11 is 0. The lowest BCUT2D eigenvalue weighted by Gasteiger charge is -2.35. The minimum atomic E-state index is -2.85. The molecule has 1 N–H and O–H groups in total. The molecular weight excluding hydrogens is 387 g/mol. The predicted octanol–water partition coefficient (Wildman–Crippen LogP) is 3.86. The fourth-order valence-corrected chi connectivity index (χ4v) is 3.39. The van der Waals surface area contributed by atoms with Crippen LogP contribution in [-0.4, -0.2) is 35.4 Å². The number of methoxy groups -OCH3 is 1. The summed E-state index contributed by atoms with van der Waals surface area (Å²) in [6, 6.07) is 6.46. The molecule has 9 heteroatoms. The van der Waals surface area contributed by atoms with Gasteiger partial charge in [0.15, 0.2) is 0 Å². The summed E-state index contributed by atoms with van der Waals surface area (Å²) in [6.07, 6.45) is 0.535. The second kappa shape index (κ2) is 8.93. The molecule has 0 unspecified atom stereocenters. The van der Waals surface area contributed by atoms with Gasteiger partial charge < -0.3 is 15.0 Å². The fraction of sp³-hybridized carbons (Fsp3) is 0.350. The highest BCUT2D eigenvalue weighted by molar-refractivity contribution is 6.39. The first-order valence-electron chi connectivity index (χ1n) is 9.10. The standard InChI is InChI=1S/C20H20F3N3O3/c1-29-19-15(17(22)23)10-14(11-24-19)25-18(27)20(28)26-9-3-2-4-16(26)12-5-7-13(21)8-6-12/h5-8,10-11,16-17H,2-4,9H2,1H3,(H,25,27)/t16-/m0/s1. The Hall–Kier alpha value is -3.10. The fourth-order valence-electron chi connectivity index (χ4n) is 3.39. The van der Waals surface area contributed by atoms with E-state index in [2.05, 4.69) is 10.3 Å². The summed E-state index contributed by atoms with van der Waals surface area (Å²) in [7, 11) is 1.21. The molecule has 1 aliphatic rings. The first-order valence-corrected chi connectivity index (χ1v) is 9.10. The highest BCUT2D eigenvalue weighted by Crippen LogP contribution is 2.32. The predicted molar refractivity (Wildman–Crippen MR) is 99.1 cm³/mol. The Bertz CT molecular complexity index is 890. The van der Waals surface area contributed by atoms with E-state index in [4.69, 9.17) is 4.74 Å². The van der Waals surface area contributed by atoms with Gasteiger partial charge in [0.05, 0.1) is 30.6 Å². The largest absolute Gasteiger partial charge is 0.481 e. The molecule has 1 saturated heterocycles. The molecule has 6 nitrogen and oxygen atoms in total. The lowest BCUT2D eigenvalue weighted by atomic mass is 9.95. The van der Waals surface area contributed by atoms with E-state index in [9.17, 15) is 22.8 Å². The number of carbonyl (C=O) groups excluding carboxylic acids is 2. The van der Waals surface area contributed by atoms with Crippen molar-refractivity contribution < 1.29 is 27.5 Å². The van der Waals surface area contributed by atoms with Crippen molar-refractivity contribution in [2.24, 2.45) is 0 Å². The van der Waals surface area contributed by atoms with Crippen LogP contribution in [0, 0.1) is 5.82 Å². The Kier molecular flexibility index (Phi) is 6.36. The molecule has 0 saturated carbocycles. The number of nitrogens with zero attached hydrogens (tertiary/aromatic N) is 2. The van der Waals surface area contributed by atoms with Gasteiger partial charge in [-0.1, -0.05) is 12.1 Å². The minimum Gasteiger partial charge on any atom is -0.481 e. The molecule has 2 aromatic rings. The van der Waals surface area contributed by atoms with E-state index in [0.717, 1.165) is 30.7 Å². The summed E-state index contributed by atoms with van der Waals surface area (Å²) in [4.78, 5) is 30.4. The molecule has 0 radical (unpaired) electrons. The number of ether oxygens (including phenoxy) is 1. The van der Waals surface area contributed by atoms with Crippen molar-refractivity contribution in [3.63, 3.8) is 0 Å². The summed E-state index contributed by atoms with van der Waals surface area (Å²) in [6.45, 7) is 0.372. The van der Waals surface area contributed by atoms with Crippen LogP contribution in [0.2, 0.25) is 0 Å². The highest BCUT2D eigenvalue weighted by atomic mass is 19.3. The van der Waals surface area contributed by atoms with E-state index in [0.29, 0.717) is 13.0 Å². The Balaban J connectivity index is 1.77. The Morgan fingerprint density at radius 3 is 2.62 bits per heavy atom. The van der Waals surface area contributed by atoms with E-state index < -0.39 is 23.8 Å². The van der Waals surface area contributed by atoms with Crippen molar-refractivity contribution in [3.8, 4) is 5.88 Å². The van der Waals surface area contributed by atoms with Gasteiger partial charge in [-0.25, -0.2) is 18.2 Å². The summed E-state index contributed by atoms with van der Waals surface area (Å²) in [5, 5.41) is 2.33. The number of amides is 2. The number of hydrogen-bond acceptors (Lipinski definition) is 4. The van der Waals surface area contributed by atoms with E-state index in [-0.39, 0.29) is 23.4 Å². The van der Waals surface area contributed by atoms with Gasteiger partial charge in [-0.3, -0.25) is 9.59 Å². The van der Waals surface area contributed by atoms with Gasteiger partial charge in [-0.2, -0.15) is 0 Å². The van der Waals surface area contributed by atoms with Gasteiger partial charge in [-0.15, -0.1) is 0 Å². The van der Waals surface area contributed by atoms with Crippen molar-refractivity contribution >= 4 is 17.5 Å². The average Bonchev–Trinajstić information content (AvgIpc) is 2.73. The first-order chi connectivity index (χ1) is 13.9. The van der Waals surface area contributed by atoms with Crippen LogP contribution in [0.15, 0.2) is 36.5 Å². The van der Waals surface area contributed by atoms with Crippen molar-refractivity contribution in [1.82, 2.24) is 9.88 Å². The van der Waals surface area contributed by atoms with Gasteiger partial charge >= 0.3 is 11.8 Å². The number of rotatable bonds is 4. The molecular formula is C20H20F3N3O3. The van der Waals surface area contributed by atoms with E-state index in [1.165, 1.54) is 24.1 Å². The summed E-state index contributed by atoms with van der Waals surface area (Å²) in [5.74, 6) is -2.38. The Morgan fingerprint density at radius 1 is 1.24 bits per heavy atom. The molecule has 2 heterocycles. The number of aromatic nitrogens is 1. The van der Waals surface area contributed by atoms with Crippen LogP contribution in [0.4, 0.5) is 18.9 Å². The number of alkyl halides is 2. The SMILES string of the molecule is COc1ncc(NC(=O)C(=O)N2CCCC[C@H]2c2ccc(F)cc2)cc1C(F)F. The average molecular weight is 407 g/mol. The molecule has 0 aliphatic carbocycles. The van der Waals surface area contributed by atoms with Gasteiger partial charge in [0.25, 0.3) is 6.43 Å². The number of halogens is 3. The van der Waals surface area contributed by atoms with Crippen LogP contribution in [0.5, 0.6) is 5.88 Å². The molecule has 1 aliphatic heterocycles. The minimum absolute atomic E-state index is 0.0326. The van der Waals surface area contributed by atoms with Crippen LogP contribution in [-0.2, 0) is 9.59 Å². The normalized spacial score (nSPS) is 16.6. The number of hydrogen-bond donors (Lipinski definition) is 1. The Morgan fingerprint density at radius 2 is 1.97 bits per heavy atom. The summed E-state index contributed by atoms with van der Waals surface area (Å²) < 4.78 is 44.2. The zero-order chi connectivity index (χ0) is 21.0. The third-order valence-electron chi connectivity index (χ3n) is 4.78. The maximum absolute atomic E-state index is 13.2. The molecule has 1 fully saturated rings. The lowest BCUT2D eigenvalue weighted by Crippen LogP contribution is -2.44. The molecule has 2 amide bonds. The maximum Gasteiger partial charge on any atom is 0.313 e. The third-order valence-corrected chi connectivity index (χ3v) is 4.78. The van der Waals surface area contributed by atoms with Crippen molar-refractivity contribution in [1.29, 1.82) is 0 Å². The first kappa shape index (κ1) is 20.6. The number of pyridine rings is 1. The monoisotopic (exact) mass is 407 g/mol.